The Kier molecular flexibility index (Phi) is 3.85. The third-order valence-electron chi connectivity index (χ3n) is 1.95. The molecule has 1 heterocycles. The maximum atomic E-state index is 5.94. The van der Waals surface area contributed by atoms with Crippen LogP contribution in [0.1, 0.15) is 17.3 Å². The number of alkyl halides is 1. The lowest BCUT2D eigenvalue weighted by atomic mass is 10.2. The SMILES string of the molecule is CC(Cl)c1nnc(-c2ccc(Cl)c(Br)c2)s1. The number of hydrogen-bond acceptors (Lipinski definition) is 3. The van der Waals surface area contributed by atoms with Gasteiger partial charge in [-0.25, -0.2) is 0 Å². The van der Waals surface area contributed by atoms with E-state index in [4.69, 9.17) is 23.2 Å². The van der Waals surface area contributed by atoms with Crippen LogP contribution in [-0.2, 0) is 0 Å². The standard InChI is InChI=1S/C10H7BrCl2N2S/c1-5(12)9-14-15-10(16-9)6-2-3-8(13)7(11)4-6/h2-5H,1H3. The van der Waals surface area contributed by atoms with Gasteiger partial charge in [-0.3, -0.25) is 0 Å². The van der Waals surface area contributed by atoms with Crippen molar-refractivity contribution in [2.24, 2.45) is 0 Å². The molecule has 6 heteroatoms. The van der Waals surface area contributed by atoms with Crippen molar-refractivity contribution >= 4 is 50.5 Å². The molecular weight excluding hydrogens is 331 g/mol. The van der Waals surface area contributed by atoms with Gasteiger partial charge in [-0.1, -0.05) is 29.0 Å². The van der Waals surface area contributed by atoms with Gasteiger partial charge in [0.2, 0.25) is 0 Å². The van der Waals surface area contributed by atoms with E-state index in [0.717, 1.165) is 20.1 Å². The van der Waals surface area contributed by atoms with E-state index in [1.165, 1.54) is 11.3 Å². The van der Waals surface area contributed by atoms with Crippen LogP contribution in [0, 0.1) is 0 Å². The van der Waals surface area contributed by atoms with E-state index in [2.05, 4.69) is 26.1 Å². The van der Waals surface area contributed by atoms with Crippen molar-refractivity contribution in [3.63, 3.8) is 0 Å². The Bertz CT molecular complexity index is 513. The molecule has 0 amide bonds. The van der Waals surface area contributed by atoms with Gasteiger partial charge in [0.1, 0.15) is 10.0 Å². The Labute approximate surface area is 116 Å². The Balaban J connectivity index is 2.39. The van der Waals surface area contributed by atoms with Crippen LogP contribution in [-0.4, -0.2) is 10.2 Å². The summed E-state index contributed by atoms with van der Waals surface area (Å²) in [5.41, 5.74) is 0.984. The summed E-state index contributed by atoms with van der Waals surface area (Å²) >= 11 is 16.7. The Morgan fingerprint density at radius 3 is 2.69 bits per heavy atom. The molecule has 2 aromatic rings. The molecule has 1 atom stereocenters. The van der Waals surface area contributed by atoms with E-state index < -0.39 is 0 Å². The highest BCUT2D eigenvalue weighted by Crippen LogP contribution is 2.32. The molecule has 84 valence electrons. The molecule has 16 heavy (non-hydrogen) atoms. The first-order valence-corrected chi connectivity index (χ1v) is 6.93. The van der Waals surface area contributed by atoms with Crippen molar-refractivity contribution in [2.75, 3.05) is 0 Å². The molecule has 2 nitrogen and oxygen atoms in total. The van der Waals surface area contributed by atoms with Crippen LogP contribution in [0.5, 0.6) is 0 Å². The summed E-state index contributed by atoms with van der Waals surface area (Å²) in [7, 11) is 0. The van der Waals surface area contributed by atoms with Gasteiger partial charge >= 0.3 is 0 Å². The van der Waals surface area contributed by atoms with Gasteiger partial charge in [-0.05, 0) is 35.0 Å². The van der Waals surface area contributed by atoms with Crippen molar-refractivity contribution in [1.82, 2.24) is 10.2 Å². The summed E-state index contributed by atoms with van der Waals surface area (Å²) in [5, 5.41) is 10.4. The lowest BCUT2D eigenvalue weighted by Crippen LogP contribution is -1.81. The van der Waals surface area contributed by atoms with Crippen molar-refractivity contribution in [3.05, 3.63) is 32.7 Å². The van der Waals surface area contributed by atoms with Crippen LogP contribution in [0.2, 0.25) is 5.02 Å². The summed E-state index contributed by atoms with van der Waals surface area (Å²) in [6.45, 7) is 1.88. The van der Waals surface area contributed by atoms with Crippen LogP contribution < -0.4 is 0 Å². The number of hydrogen-bond donors (Lipinski definition) is 0. The minimum Gasteiger partial charge on any atom is -0.142 e. The van der Waals surface area contributed by atoms with E-state index >= 15 is 0 Å². The lowest BCUT2D eigenvalue weighted by molar-refractivity contribution is 0.962. The lowest BCUT2D eigenvalue weighted by Gasteiger charge is -1.98. The second kappa shape index (κ2) is 5.00. The number of aromatic nitrogens is 2. The minimum absolute atomic E-state index is 0.109. The molecule has 1 unspecified atom stereocenters. The molecule has 0 aliphatic rings. The fraction of sp³-hybridized carbons (Fsp3) is 0.200. The first-order chi connectivity index (χ1) is 7.58. The molecule has 0 N–H and O–H groups in total. The van der Waals surface area contributed by atoms with Crippen LogP contribution >= 0.6 is 50.5 Å². The molecule has 1 aromatic heterocycles. The highest BCUT2D eigenvalue weighted by Gasteiger charge is 2.11. The monoisotopic (exact) mass is 336 g/mol. The Morgan fingerprint density at radius 1 is 1.38 bits per heavy atom. The molecule has 0 spiro atoms. The fourth-order valence-electron chi connectivity index (χ4n) is 1.14. The molecule has 0 aliphatic carbocycles. The van der Waals surface area contributed by atoms with Crippen molar-refractivity contribution < 1.29 is 0 Å². The average Bonchev–Trinajstić information content (AvgIpc) is 2.71. The van der Waals surface area contributed by atoms with E-state index in [-0.39, 0.29) is 5.38 Å². The van der Waals surface area contributed by atoms with Gasteiger partial charge in [0, 0.05) is 10.0 Å². The van der Waals surface area contributed by atoms with Gasteiger partial charge in [0.05, 0.1) is 10.4 Å². The van der Waals surface area contributed by atoms with Crippen LogP contribution in [0.15, 0.2) is 22.7 Å². The first kappa shape index (κ1) is 12.3. The molecular formula is C10H7BrCl2N2S. The van der Waals surface area contributed by atoms with Crippen LogP contribution in [0.4, 0.5) is 0 Å². The molecule has 0 saturated heterocycles. The zero-order chi connectivity index (χ0) is 11.7. The first-order valence-electron chi connectivity index (χ1n) is 4.51. The average molecular weight is 338 g/mol. The maximum Gasteiger partial charge on any atom is 0.147 e. The second-order valence-electron chi connectivity index (χ2n) is 3.19. The maximum absolute atomic E-state index is 5.94. The highest BCUT2D eigenvalue weighted by molar-refractivity contribution is 9.10. The number of rotatable bonds is 2. The highest BCUT2D eigenvalue weighted by atomic mass is 79.9. The van der Waals surface area contributed by atoms with Gasteiger partial charge in [-0.2, -0.15) is 0 Å². The summed E-state index contributed by atoms with van der Waals surface area (Å²) in [6.07, 6.45) is 0. The molecule has 1 aromatic carbocycles. The quantitative estimate of drug-likeness (QED) is 0.727. The third kappa shape index (κ3) is 2.56. The van der Waals surface area contributed by atoms with Crippen molar-refractivity contribution in [3.8, 4) is 10.6 Å². The van der Waals surface area contributed by atoms with E-state index in [1.807, 2.05) is 25.1 Å². The zero-order valence-electron chi connectivity index (χ0n) is 8.25. The van der Waals surface area contributed by atoms with E-state index in [1.54, 1.807) is 0 Å². The molecule has 0 bridgehead atoms. The molecule has 2 rings (SSSR count). The zero-order valence-corrected chi connectivity index (χ0v) is 12.2. The van der Waals surface area contributed by atoms with E-state index in [9.17, 15) is 0 Å². The summed E-state index contributed by atoms with van der Waals surface area (Å²) in [5.74, 6) is 0. The van der Waals surface area contributed by atoms with Crippen LogP contribution in [0.3, 0.4) is 0 Å². The topological polar surface area (TPSA) is 25.8 Å². The minimum atomic E-state index is -0.109. The van der Waals surface area contributed by atoms with Crippen molar-refractivity contribution in [1.29, 1.82) is 0 Å². The summed E-state index contributed by atoms with van der Waals surface area (Å²) < 4.78 is 0.849. The fourth-order valence-corrected chi connectivity index (χ4v) is 2.58. The second-order valence-corrected chi connectivity index (χ2v) is 6.12. The van der Waals surface area contributed by atoms with Gasteiger partial charge in [0.25, 0.3) is 0 Å². The smallest absolute Gasteiger partial charge is 0.142 e. The summed E-state index contributed by atoms with van der Waals surface area (Å²) in [6, 6.07) is 5.66. The molecule has 0 fully saturated rings. The number of benzene rings is 1. The molecule has 0 radical (unpaired) electrons. The van der Waals surface area contributed by atoms with Gasteiger partial charge < -0.3 is 0 Å². The number of nitrogens with zero attached hydrogens (tertiary/aromatic N) is 2. The summed E-state index contributed by atoms with van der Waals surface area (Å²) in [4.78, 5) is 0. The normalized spacial score (nSPS) is 12.8. The Morgan fingerprint density at radius 2 is 2.12 bits per heavy atom. The molecule has 0 aliphatic heterocycles. The predicted molar refractivity (Wildman–Crippen MR) is 72.3 cm³/mol. The Hall–Kier alpha value is -0.160. The third-order valence-corrected chi connectivity index (χ3v) is 4.65. The van der Waals surface area contributed by atoms with Crippen LogP contribution in [0.25, 0.3) is 10.6 Å². The van der Waals surface area contributed by atoms with E-state index in [0.29, 0.717) is 5.02 Å². The number of halogens is 3. The predicted octanol–water partition coefficient (Wildman–Crippen LogP) is 4.92. The van der Waals surface area contributed by atoms with Gasteiger partial charge in [0.15, 0.2) is 0 Å². The van der Waals surface area contributed by atoms with Crippen molar-refractivity contribution in [2.45, 2.75) is 12.3 Å². The molecule has 0 saturated carbocycles. The van der Waals surface area contributed by atoms with Gasteiger partial charge in [-0.15, -0.1) is 21.8 Å². The largest absolute Gasteiger partial charge is 0.147 e.